The first-order valence-electron chi connectivity index (χ1n) is 6.63. The van der Waals surface area contributed by atoms with Crippen molar-refractivity contribution in [3.05, 3.63) is 35.4 Å². The summed E-state index contributed by atoms with van der Waals surface area (Å²) in [5.74, 6) is -1.04. The van der Waals surface area contributed by atoms with Crippen LogP contribution in [0.5, 0.6) is 0 Å². The van der Waals surface area contributed by atoms with Crippen molar-refractivity contribution in [1.29, 1.82) is 0 Å². The number of nitrogens with one attached hydrogen (secondary N) is 1. The molecule has 0 aliphatic carbocycles. The summed E-state index contributed by atoms with van der Waals surface area (Å²) in [7, 11) is -3.59. The van der Waals surface area contributed by atoms with Crippen molar-refractivity contribution in [1.82, 2.24) is 4.72 Å². The van der Waals surface area contributed by atoms with Crippen LogP contribution >= 0.6 is 0 Å². The highest BCUT2D eigenvalue weighted by molar-refractivity contribution is 7.89. The van der Waals surface area contributed by atoms with E-state index in [0.29, 0.717) is 17.5 Å². The Bertz CT molecular complexity index is 660. The Kier molecular flexibility index (Phi) is 5.31. The molecule has 0 aromatic heterocycles. The van der Waals surface area contributed by atoms with Crippen LogP contribution in [0.25, 0.3) is 6.08 Å². The van der Waals surface area contributed by atoms with Gasteiger partial charge in [0, 0.05) is 11.6 Å². The van der Waals surface area contributed by atoms with Gasteiger partial charge in [-0.1, -0.05) is 13.0 Å². The third kappa shape index (κ3) is 4.99. The molecule has 2 N–H and O–H groups in total. The molecule has 0 saturated carbocycles. The lowest BCUT2D eigenvalue weighted by Gasteiger charge is -2.24. The zero-order chi connectivity index (χ0) is 16.3. The van der Waals surface area contributed by atoms with E-state index in [2.05, 4.69) is 4.72 Å². The fraction of sp³-hybridized carbons (Fsp3) is 0.400. The molecule has 0 amide bonds. The third-order valence-corrected chi connectivity index (χ3v) is 4.95. The minimum absolute atomic E-state index is 0.175. The van der Waals surface area contributed by atoms with Crippen LogP contribution < -0.4 is 4.72 Å². The van der Waals surface area contributed by atoms with E-state index < -0.39 is 21.5 Å². The molecule has 0 radical (unpaired) electrons. The first-order valence-corrected chi connectivity index (χ1v) is 8.11. The summed E-state index contributed by atoms with van der Waals surface area (Å²) < 4.78 is 27.3. The zero-order valence-corrected chi connectivity index (χ0v) is 13.5. The minimum Gasteiger partial charge on any atom is -0.478 e. The van der Waals surface area contributed by atoms with Crippen LogP contribution in [-0.2, 0) is 14.8 Å². The maximum atomic E-state index is 12.3. The van der Waals surface area contributed by atoms with Crippen LogP contribution in [0.2, 0.25) is 0 Å². The Morgan fingerprint density at radius 2 is 2.00 bits per heavy atom. The molecule has 0 unspecified atom stereocenters. The SMILES string of the molecule is CCC(C)(C)NS(=O)(=O)c1ccc(C=CC(=O)O)c(C)c1. The zero-order valence-electron chi connectivity index (χ0n) is 12.7. The number of carboxylic acid groups (broad SMARTS) is 1. The number of rotatable bonds is 6. The van der Waals surface area contributed by atoms with Crippen LogP contribution in [0.4, 0.5) is 0 Å². The van der Waals surface area contributed by atoms with Crippen molar-refractivity contribution in [2.24, 2.45) is 0 Å². The summed E-state index contributed by atoms with van der Waals surface area (Å²) in [5, 5.41) is 8.61. The number of sulfonamides is 1. The Balaban J connectivity index is 3.11. The van der Waals surface area contributed by atoms with Crippen LogP contribution in [0.3, 0.4) is 0 Å². The average molecular weight is 311 g/mol. The molecule has 0 atom stereocenters. The van der Waals surface area contributed by atoms with Gasteiger partial charge < -0.3 is 5.11 Å². The first-order chi connectivity index (χ1) is 9.57. The van der Waals surface area contributed by atoms with Gasteiger partial charge in [-0.25, -0.2) is 17.9 Å². The molecule has 6 heteroatoms. The number of hydrogen-bond acceptors (Lipinski definition) is 3. The molecule has 21 heavy (non-hydrogen) atoms. The quantitative estimate of drug-likeness (QED) is 0.791. The molecule has 0 saturated heterocycles. The summed E-state index contributed by atoms with van der Waals surface area (Å²) in [4.78, 5) is 10.7. The largest absolute Gasteiger partial charge is 0.478 e. The molecule has 1 rings (SSSR count). The van der Waals surface area contributed by atoms with Gasteiger partial charge >= 0.3 is 5.97 Å². The van der Waals surface area contributed by atoms with Gasteiger partial charge in [-0.3, -0.25) is 0 Å². The highest BCUT2D eigenvalue weighted by atomic mass is 32.2. The van der Waals surface area contributed by atoms with Crippen LogP contribution in [0.15, 0.2) is 29.2 Å². The molecule has 0 aliphatic rings. The molecule has 0 spiro atoms. The van der Waals surface area contributed by atoms with E-state index in [1.165, 1.54) is 18.2 Å². The number of carbonyl (C=O) groups is 1. The topological polar surface area (TPSA) is 83.5 Å². The Morgan fingerprint density at radius 3 is 2.48 bits per heavy atom. The minimum atomic E-state index is -3.59. The highest BCUT2D eigenvalue weighted by Crippen LogP contribution is 2.19. The Labute approximate surface area is 125 Å². The standard InChI is InChI=1S/C15H21NO4S/c1-5-15(3,4)16-21(19,20)13-8-6-12(11(2)10-13)7-9-14(17)18/h6-10,16H,5H2,1-4H3,(H,17,18). The molecule has 0 aliphatic heterocycles. The number of aryl methyl sites for hydroxylation is 1. The lowest BCUT2D eigenvalue weighted by Crippen LogP contribution is -2.42. The molecule has 0 bridgehead atoms. The van der Waals surface area contributed by atoms with E-state index in [1.807, 2.05) is 20.8 Å². The van der Waals surface area contributed by atoms with Gasteiger partial charge in [0.2, 0.25) is 10.0 Å². The van der Waals surface area contributed by atoms with Crippen LogP contribution in [0, 0.1) is 6.92 Å². The fourth-order valence-corrected chi connectivity index (χ4v) is 3.23. The molecular weight excluding hydrogens is 290 g/mol. The summed E-state index contributed by atoms with van der Waals surface area (Å²) in [6.07, 6.45) is 3.14. The van der Waals surface area contributed by atoms with Crippen LogP contribution in [-0.4, -0.2) is 25.0 Å². The Morgan fingerprint density at radius 1 is 1.38 bits per heavy atom. The summed E-state index contributed by atoms with van der Waals surface area (Å²) >= 11 is 0. The highest BCUT2D eigenvalue weighted by Gasteiger charge is 2.24. The van der Waals surface area contributed by atoms with Gasteiger partial charge in [-0.05, 0) is 56.5 Å². The number of aliphatic carboxylic acids is 1. The lowest BCUT2D eigenvalue weighted by molar-refractivity contribution is -0.131. The maximum absolute atomic E-state index is 12.3. The van der Waals surface area contributed by atoms with Gasteiger partial charge in [0.25, 0.3) is 0 Å². The third-order valence-electron chi connectivity index (χ3n) is 3.25. The summed E-state index contributed by atoms with van der Waals surface area (Å²) in [6, 6.07) is 4.61. The van der Waals surface area contributed by atoms with E-state index in [0.717, 1.165) is 6.08 Å². The van der Waals surface area contributed by atoms with E-state index in [9.17, 15) is 13.2 Å². The van der Waals surface area contributed by atoms with Crippen molar-refractivity contribution >= 4 is 22.1 Å². The van der Waals surface area contributed by atoms with Gasteiger partial charge in [-0.2, -0.15) is 0 Å². The smallest absolute Gasteiger partial charge is 0.328 e. The number of hydrogen-bond donors (Lipinski definition) is 2. The molecular formula is C15H21NO4S. The lowest BCUT2D eigenvalue weighted by atomic mass is 10.0. The molecule has 1 aromatic carbocycles. The van der Waals surface area contributed by atoms with E-state index in [4.69, 9.17) is 5.11 Å². The number of benzene rings is 1. The first kappa shape index (κ1) is 17.4. The predicted molar refractivity (Wildman–Crippen MR) is 82.5 cm³/mol. The fourth-order valence-electron chi connectivity index (χ4n) is 1.66. The number of carboxylic acids is 1. The van der Waals surface area contributed by atoms with Crippen LogP contribution in [0.1, 0.15) is 38.3 Å². The maximum Gasteiger partial charge on any atom is 0.328 e. The normalized spacial score (nSPS) is 12.8. The molecule has 1 aromatic rings. The second-order valence-corrected chi connectivity index (χ2v) is 7.22. The second-order valence-electron chi connectivity index (χ2n) is 5.53. The van der Waals surface area contributed by atoms with Crippen molar-refractivity contribution in [2.45, 2.75) is 44.6 Å². The predicted octanol–water partition coefficient (Wildman–Crippen LogP) is 2.56. The van der Waals surface area contributed by atoms with E-state index >= 15 is 0 Å². The monoisotopic (exact) mass is 311 g/mol. The molecule has 0 heterocycles. The molecule has 0 fully saturated rings. The van der Waals surface area contributed by atoms with Crippen molar-refractivity contribution < 1.29 is 18.3 Å². The van der Waals surface area contributed by atoms with Crippen molar-refractivity contribution in [3.63, 3.8) is 0 Å². The van der Waals surface area contributed by atoms with Crippen molar-refractivity contribution in [2.75, 3.05) is 0 Å². The average Bonchev–Trinajstić information content (AvgIpc) is 2.36. The van der Waals surface area contributed by atoms with Gasteiger partial charge in [0.1, 0.15) is 0 Å². The summed E-state index contributed by atoms with van der Waals surface area (Å²) in [5.41, 5.74) is 0.852. The van der Waals surface area contributed by atoms with E-state index in [1.54, 1.807) is 13.0 Å². The molecule has 5 nitrogen and oxygen atoms in total. The Hall–Kier alpha value is -1.66. The molecule has 116 valence electrons. The van der Waals surface area contributed by atoms with Gasteiger partial charge in [0.15, 0.2) is 0 Å². The van der Waals surface area contributed by atoms with Gasteiger partial charge in [0.05, 0.1) is 4.90 Å². The van der Waals surface area contributed by atoms with E-state index in [-0.39, 0.29) is 4.90 Å². The summed E-state index contributed by atoms with van der Waals surface area (Å²) in [6.45, 7) is 7.29. The van der Waals surface area contributed by atoms with Gasteiger partial charge in [-0.15, -0.1) is 0 Å². The van der Waals surface area contributed by atoms with Crippen molar-refractivity contribution in [3.8, 4) is 0 Å². The second kappa shape index (κ2) is 6.41.